The van der Waals surface area contributed by atoms with Gasteiger partial charge in [-0.1, -0.05) is 30.3 Å². The van der Waals surface area contributed by atoms with Crippen LogP contribution in [0.4, 0.5) is 16.2 Å². The summed E-state index contributed by atoms with van der Waals surface area (Å²) in [6.07, 6.45) is 0.706. The van der Waals surface area contributed by atoms with Crippen LogP contribution in [-0.4, -0.2) is 12.3 Å². The summed E-state index contributed by atoms with van der Waals surface area (Å²) in [6.45, 7) is 0. The molecule has 0 radical (unpaired) electrons. The molecule has 0 saturated carbocycles. The number of carbonyl (C=O) groups excluding carboxylic acids is 2. The number of benzene rings is 2. The zero-order valence-corrected chi connectivity index (χ0v) is 9.59. The Morgan fingerprint density at radius 2 is 1.56 bits per heavy atom. The summed E-state index contributed by atoms with van der Waals surface area (Å²) < 4.78 is 0. The van der Waals surface area contributed by atoms with Crippen LogP contribution in [0.5, 0.6) is 0 Å². The Kier molecular flexibility index (Phi) is 3.71. The van der Waals surface area contributed by atoms with Gasteiger partial charge in [0.15, 0.2) is 6.29 Å². The summed E-state index contributed by atoms with van der Waals surface area (Å²) in [5.74, 6) is 0. The first-order valence-corrected chi connectivity index (χ1v) is 5.47. The van der Waals surface area contributed by atoms with Gasteiger partial charge in [0.05, 0.1) is 5.69 Å². The van der Waals surface area contributed by atoms with Gasteiger partial charge in [0.1, 0.15) is 0 Å². The quantitative estimate of drug-likeness (QED) is 0.810. The molecule has 0 saturated heterocycles. The molecular weight excluding hydrogens is 228 g/mol. The fourth-order valence-corrected chi connectivity index (χ4v) is 1.52. The minimum absolute atomic E-state index is 0.379. The molecule has 0 atom stereocenters. The van der Waals surface area contributed by atoms with Crippen molar-refractivity contribution in [3.8, 4) is 0 Å². The Morgan fingerprint density at radius 3 is 2.28 bits per heavy atom. The van der Waals surface area contributed by atoms with E-state index in [1.807, 2.05) is 18.2 Å². The lowest BCUT2D eigenvalue weighted by molar-refractivity contribution is 0.112. The van der Waals surface area contributed by atoms with Gasteiger partial charge < -0.3 is 10.6 Å². The monoisotopic (exact) mass is 240 g/mol. The topological polar surface area (TPSA) is 58.2 Å². The molecule has 2 rings (SSSR count). The van der Waals surface area contributed by atoms with Crippen LogP contribution in [0.1, 0.15) is 10.4 Å². The summed E-state index contributed by atoms with van der Waals surface area (Å²) in [5.41, 5.74) is 1.63. The molecule has 90 valence electrons. The van der Waals surface area contributed by atoms with E-state index in [9.17, 15) is 9.59 Å². The molecule has 0 aliphatic carbocycles. The van der Waals surface area contributed by atoms with Crippen molar-refractivity contribution in [1.29, 1.82) is 0 Å². The van der Waals surface area contributed by atoms with Crippen LogP contribution in [0.15, 0.2) is 54.6 Å². The Balaban J connectivity index is 2.05. The number of anilines is 2. The summed E-state index contributed by atoms with van der Waals surface area (Å²) in [5, 5.41) is 5.30. The van der Waals surface area contributed by atoms with E-state index >= 15 is 0 Å². The number of hydrogen-bond acceptors (Lipinski definition) is 2. The Labute approximate surface area is 105 Å². The van der Waals surface area contributed by atoms with Crippen LogP contribution in [-0.2, 0) is 0 Å². The van der Waals surface area contributed by atoms with E-state index in [0.29, 0.717) is 23.2 Å². The number of nitrogens with one attached hydrogen (secondary N) is 2. The van der Waals surface area contributed by atoms with Gasteiger partial charge in [0, 0.05) is 11.3 Å². The molecule has 2 aromatic carbocycles. The SMILES string of the molecule is O=Cc1ccccc1NC(=O)Nc1ccccc1. The van der Waals surface area contributed by atoms with Gasteiger partial charge in [-0.2, -0.15) is 0 Å². The summed E-state index contributed by atoms with van der Waals surface area (Å²) >= 11 is 0. The predicted molar refractivity (Wildman–Crippen MR) is 70.9 cm³/mol. The summed E-state index contributed by atoms with van der Waals surface area (Å²) in [6, 6.07) is 15.5. The van der Waals surface area contributed by atoms with Crippen molar-refractivity contribution in [2.45, 2.75) is 0 Å². The second-order valence-corrected chi connectivity index (χ2v) is 3.65. The molecule has 0 unspecified atom stereocenters. The minimum Gasteiger partial charge on any atom is -0.308 e. The molecule has 2 aromatic rings. The molecule has 0 aromatic heterocycles. The third kappa shape index (κ3) is 2.95. The van der Waals surface area contributed by atoms with E-state index in [-0.39, 0.29) is 6.03 Å². The Hall–Kier alpha value is -2.62. The van der Waals surface area contributed by atoms with Crippen molar-refractivity contribution in [3.05, 3.63) is 60.2 Å². The largest absolute Gasteiger partial charge is 0.323 e. The summed E-state index contributed by atoms with van der Waals surface area (Å²) in [7, 11) is 0. The number of amides is 2. The second kappa shape index (κ2) is 5.63. The first-order chi connectivity index (χ1) is 8.79. The molecular formula is C14H12N2O2. The maximum atomic E-state index is 11.7. The minimum atomic E-state index is -0.379. The average Bonchev–Trinajstić information content (AvgIpc) is 2.40. The van der Waals surface area contributed by atoms with Gasteiger partial charge in [0.25, 0.3) is 0 Å². The maximum absolute atomic E-state index is 11.7. The molecule has 0 aliphatic heterocycles. The molecule has 2 amide bonds. The lowest BCUT2D eigenvalue weighted by Crippen LogP contribution is -2.20. The third-order valence-electron chi connectivity index (χ3n) is 2.37. The van der Waals surface area contributed by atoms with Crippen LogP contribution in [0.3, 0.4) is 0 Å². The van der Waals surface area contributed by atoms with Crippen LogP contribution in [0.25, 0.3) is 0 Å². The van der Waals surface area contributed by atoms with Crippen molar-refractivity contribution in [2.75, 3.05) is 10.6 Å². The first-order valence-electron chi connectivity index (χ1n) is 5.47. The van der Waals surface area contributed by atoms with Crippen molar-refractivity contribution < 1.29 is 9.59 Å². The number of hydrogen-bond donors (Lipinski definition) is 2. The molecule has 4 heteroatoms. The molecule has 0 heterocycles. The van der Waals surface area contributed by atoms with Gasteiger partial charge in [-0.25, -0.2) is 4.79 Å². The smallest absolute Gasteiger partial charge is 0.308 e. The van der Waals surface area contributed by atoms with Crippen LogP contribution >= 0.6 is 0 Å². The third-order valence-corrected chi connectivity index (χ3v) is 2.37. The van der Waals surface area contributed by atoms with E-state index in [0.717, 1.165) is 0 Å². The van der Waals surface area contributed by atoms with E-state index in [1.54, 1.807) is 36.4 Å². The molecule has 0 fully saturated rings. The molecule has 18 heavy (non-hydrogen) atoms. The highest BCUT2D eigenvalue weighted by molar-refractivity contribution is 6.02. The molecule has 2 N–H and O–H groups in total. The van der Waals surface area contributed by atoms with Gasteiger partial charge >= 0.3 is 6.03 Å². The average molecular weight is 240 g/mol. The fourth-order valence-electron chi connectivity index (χ4n) is 1.52. The lowest BCUT2D eigenvalue weighted by atomic mass is 10.2. The van der Waals surface area contributed by atoms with Crippen LogP contribution in [0, 0.1) is 0 Å². The lowest BCUT2D eigenvalue weighted by Gasteiger charge is -2.08. The zero-order chi connectivity index (χ0) is 12.8. The number of aldehydes is 1. The number of para-hydroxylation sites is 2. The van der Waals surface area contributed by atoms with Gasteiger partial charge in [-0.3, -0.25) is 4.79 Å². The number of urea groups is 1. The highest BCUT2D eigenvalue weighted by Crippen LogP contribution is 2.13. The van der Waals surface area contributed by atoms with E-state index in [1.165, 1.54) is 0 Å². The van der Waals surface area contributed by atoms with Crippen molar-refractivity contribution in [3.63, 3.8) is 0 Å². The zero-order valence-electron chi connectivity index (χ0n) is 9.59. The van der Waals surface area contributed by atoms with Crippen molar-refractivity contribution in [2.24, 2.45) is 0 Å². The Morgan fingerprint density at radius 1 is 0.889 bits per heavy atom. The molecule has 0 spiro atoms. The van der Waals surface area contributed by atoms with Crippen molar-refractivity contribution in [1.82, 2.24) is 0 Å². The highest BCUT2D eigenvalue weighted by Gasteiger charge is 2.05. The van der Waals surface area contributed by atoms with Crippen molar-refractivity contribution >= 4 is 23.7 Å². The van der Waals surface area contributed by atoms with E-state index < -0.39 is 0 Å². The van der Waals surface area contributed by atoms with E-state index in [4.69, 9.17) is 0 Å². The van der Waals surface area contributed by atoms with Crippen LogP contribution in [0.2, 0.25) is 0 Å². The normalized spacial score (nSPS) is 9.56. The Bertz CT molecular complexity index is 553. The van der Waals surface area contributed by atoms with Gasteiger partial charge in [0.2, 0.25) is 0 Å². The van der Waals surface area contributed by atoms with E-state index in [2.05, 4.69) is 10.6 Å². The molecule has 4 nitrogen and oxygen atoms in total. The van der Waals surface area contributed by atoms with Gasteiger partial charge in [-0.05, 0) is 24.3 Å². The molecule has 0 aliphatic rings. The standard InChI is InChI=1S/C14H12N2O2/c17-10-11-6-4-5-9-13(11)16-14(18)15-12-7-2-1-3-8-12/h1-10H,(H2,15,16,18). The fraction of sp³-hybridized carbons (Fsp3) is 0. The van der Waals surface area contributed by atoms with Crippen LogP contribution < -0.4 is 10.6 Å². The maximum Gasteiger partial charge on any atom is 0.323 e. The predicted octanol–water partition coefficient (Wildman–Crippen LogP) is 3.14. The molecule has 0 bridgehead atoms. The summed E-state index contributed by atoms with van der Waals surface area (Å²) in [4.78, 5) is 22.5. The first kappa shape index (κ1) is 11.9. The number of rotatable bonds is 3. The van der Waals surface area contributed by atoms with Gasteiger partial charge in [-0.15, -0.1) is 0 Å². The second-order valence-electron chi connectivity index (χ2n) is 3.65. The number of carbonyl (C=O) groups is 2. The highest BCUT2D eigenvalue weighted by atomic mass is 16.2.